The lowest BCUT2D eigenvalue weighted by atomic mass is 10.1. The number of anilines is 2. The third-order valence-electron chi connectivity index (χ3n) is 4.05. The minimum Gasteiger partial charge on any atom is -0.324 e. The number of sulfonamides is 1. The largest absolute Gasteiger partial charge is 0.324 e. The first-order chi connectivity index (χ1) is 13.4. The molecular formula is C17H18N4O7S. The molecule has 0 aliphatic heterocycles. The van der Waals surface area contributed by atoms with Crippen LogP contribution in [0.4, 0.5) is 22.7 Å². The van der Waals surface area contributed by atoms with Gasteiger partial charge in [0.25, 0.3) is 11.4 Å². The first kappa shape index (κ1) is 21.8. The van der Waals surface area contributed by atoms with E-state index in [2.05, 4.69) is 5.32 Å². The second-order valence-corrected chi connectivity index (χ2v) is 8.12. The van der Waals surface area contributed by atoms with Crippen molar-refractivity contribution in [3.8, 4) is 0 Å². The van der Waals surface area contributed by atoms with Crippen LogP contribution < -0.4 is 9.62 Å². The molecule has 0 saturated carbocycles. The van der Waals surface area contributed by atoms with E-state index >= 15 is 0 Å². The maximum absolute atomic E-state index is 12.7. The lowest BCUT2D eigenvalue weighted by Crippen LogP contribution is -2.45. The normalized spacial score (nSPS) is 12.1. The number of nitro groups is 2. The third-order valence-corrected chi connectivity index (χ3v) is 5.28. The van der Waals surface area contributed by atoms with E-state index < -0.39 is 31.8 Å². The number of carbonyl (C=O) groups is 1. The Hall–Kier alpha value is -3.54. The molecule has 0 saturated heterocycles. The Bertz CT molecular complexity index is 1080. The van der Waals surface area contributed by atoms with Crippen LogP contribution in [-0.4, -0.2) is 36.5 Å². The average molecular weight is 422 g/mol. The number of aryl methyl sites for hydroxylation is 1. The maximum Gasteiger partial charge on any atom is 0.271 e. The molecule has 1 atom stereocenters. The van der Waals surface area contributed by atoms with Crippen LogP contribution in [0.5, 0.6) is 0 Å². The molecule has 0 fully saturated rings. The molecule has 2 rings (SSSR count). The molecule has 0 aliphatic rings. The fraction of sp³-hybridized carbons (Fsp3) is 0.235. The minimum atomic E-state index is -4.00. The fourth-order valence-electron chi connectivity index (χ4n) is 2.67. The summed E-state index contributed by atoms with van der Waals surface area (Å²) in [7, 11) is -4.00. The van der Waals surface area contributed by atoms with Crippen molar-refractivity contribution in [3.63, 3.8) is 0 Å². The number of non-ortho nitro benzene ring substituents is 2. The zero-order valence-electron chi connectivity index (χ0n) is 15.7. The SMILES string of the molecule is Cc1ccc([N+](=O)[O-])cc1N([C@@H](C)C(=O)Nc1cccc([N+](=O)[O-])c1)S(C)(=O)=O. The van der Waals surface area contributed by atoms with E-state index in [4.69, 9.17) is 0 Å². The Labute approximate surface area is 166 Å². The Balaban J connectivity index is 2.42. The van der Waals surface area contributed by atoms with Crippen LogP contribution in [0.3, 0.4) is 0 Å². The van der Waals surface area contributed by atoms with Gasteiger partial charge < -0.3 is 5.32 Å². The van der Waals surface area contributed by atoms with E-state index in [1.807, 2.05) is 0 Å². The second-order valence-electron chi connectivity index (χ2n) is 6.26. The summed E-state index contributed by atoms with van der Waals surface area (Å²) in [6, 6.07) is 7.57. The van der Waals surface area contributed by atoms with E-state index in [1.54, 1.807) is 6.92 Å². The molecule has 0 radical (unpaired) electrons. The standard InChI is InChI=1S/C17H18N4O7S/c1-11-7-8-15(21(25)26)10-16(11)19(29(3,27)28)12(2)17(22)18-13-5-4-6-14(9-13)20(23)24/h4-10,12H,1-3H3,(H,18,22)/t12-/m0/s1. The molecule has 12 heteroatoms. The molecule has 154 valence electrons. The Kier molecular flexibility index (Phi) is 6.17. The highest BCUT2D eigenvalue weighted by Crippen LogP contribution is 2.29. The fourth-order valence-corrected chi connectivity index (χ4v) is 3.90. The van der Waals surface area contributed by atoms with E-state index in [1.165, 1.54) is 37.3 Å². The molecule has 0 aromatic heterocycles. The van der Waals surface area contributed by atoms with Gasteiger partial charge in [-0.05, 0) is 25.5 Å². The number of rotatable bonds is 7. The summed E-state index contributed by atoms with van der Waals surface area (Å²) in [4.78, 5) is 33.3. The third kappa shape index (κ3) is 5.04. The summed E-state index contributed by atoms with van der Waals surface area (Å²) in [6.07, 6.45) is 0.877. The van der Waals surface area contributed by atoms with Crippen molar-refractivity contribution >= 4 is 38.7 Å². The lowest BCUT2D eigenvalue weighted by Gasteiger charge is -2.29. The van der Waals surface area contributed by atoms with Crippen LogP contribution in [0.25, 0.3) is 0 Å². The van der Waals surface area contributed by atoms with Crippen LogP contribution in [0.1, 0.15) is 12.5 Å². The van der Waals surface area contributed by atoms with Gasteiger partial charge in [-0.2, -0.15) is 0 Å². The number of amides is 1. The predicted molar refractivity (Wildman–Crippen MR) is 106 cm³/mol. The van der Waals surface area contributed by atoms with Crippen LogP contribution >= 0.6 is 0 Å². The molecule has 0 spiro atoms. The molecule has 1 N–H and O–H groups in total. The highest BCUT2D eigenvalue weighted by atomic mass is 32.2. The summed E-state index contributed by atoms with van der Waals surface area (Å²) >= 11 is 0. The van der Waals surface area contributed by atoms with Crippen molar-refractivity contribution in [2.45, 2.75) is 19.9 Å². The summed E-state index contributed by atoms with van der Waals surface area (Å²) in [5, 5.41) is 24.4. The van der Waals surface area contributed by atoms with Gasteiger partial charge in [-0.25, -0.2) is 8.42 Å². The smallest absolute Gasteiger partial charge is 0.271 e. The number of nitrogens with one attached hydrogen (secondary N) is 1. The molecule has 11 nitrogen and oxygen atoms in total. The van der Waals surface area contributed by atoms with Crippen molar-refractivity contribution in [2.75, 3.05) is 15.9 Å². The van der Waals surface area contributed by atoms with Gasteiger partial charge in [-0.15, -0.1) is 0 Å². The highest BCUT2D eigenvalue weighted by Gasteiger charge is 2.31. The van der Waals surface area contributed by atoms with Gasteiger partial charge in [-0.3, -0.25) is 29.3 Å². The lowest BCUT2D eigenvalue weighted by molar-refractivity contribution is -0.385. The summed E-state index contributed by atoms with van der Waals surface area (Å²) < 4.78 is 25.6. The predicted octanol–water partition coefficient (Wildman–Crippen LogP) is 2.60. The molecule has 2 aromatic rings. The van der Waals surface area contributed by atoms with E-state index in [9.17, 15) is 33.4 Å². The number of hydrogen-bond acceptors (Lipinski definition) is 7. The number of nitro benzene ring substituents is 2. The Morgan fingerprint density at radius 3 is 2.21 bits per heavy atom. The van der Waals surface area contributed by atoms with Crippen molar-refractivity contribution in [3.05, 3.63) is 68.3 Å². The van der Waals surface area contributed by atoms with Gasteiger partial charge in [-0.1, -0.05) is 12.1 Å². The topological polar surface area (TPSA) is 153 Å². The number of carbonyl (C=O) groups excluding carboxylic acids is 1. The maximum atomic E-state index is 12.7. The van der Waals surface area contributed by atoms with Gasteiger partial charge >= 0.3 is 0 Å². The molecule has 0 aliphatic carbocycles. The van der Waals surface area contributed by atoms with E-state index in [-0.39, 0.29) is 22.7 Å². The second kappa shape index (κ2) is 8.22. The first-order valence-electron chi connectivity index (χ1n) is 8.21. The van der Waals surface area contributed by atoms with E-state index in [0.717, 1.165) is 22.7 Å². The Morgan fingerprint density at radius 2 is 1.66 bits per heavy atom. The van der Waals surface area contributed by atoms with Gasteiger partial charge in [0.2, 0.25) is 15.9 Å². The van der Waals surface area contributed by atoms with Crippen LogP contribution in [0.2, 0.25) is 0 Å². The van der Waals surface area contributed by atoms with Crippen molar-refractivity contribution in [2.24, 2.45) is 0 Å². The van der Waals surface area contributed by atoms with Gasteiger partial charge in [0, 0.05) is 30.0 Å². The monoisotopic (exact) mass is 422 g/mol. The van der Waals surface area contributed by atoms with Crippen molar-refractivity contribution in [1.29, 1.82) is 0 Å². The number of hydrogen-bond donors (Lipinski definition) is 1. The molecule has 2 aromatic carbocycles. The Morgan fingerprint density at radius 1 is 1.07 bits per heavy atom. The van der Waals surface area contributed by atoms with Crippen LogP contribution in [0, 0.1) is 27.2 Å². The zero-order chi connectivity index (χ0) is 21.9. The van der Waals surface area contributed by atoms with Gasteiger partial charge in [0.05, 0.1) is 21.8 Å². The molecule has 0 heterocycles. The minimum absolute atomic E-state index is 0.0107. The summed E-state index contributed by atoms with van der Waals surface area (Å²) in [5.41, 5.74) is -0.0600. The zero-order valence-corrected chi connectivity index (χ0v) is 16.5. The summed E-state index contributed by atoms with van der Waals surface area (Å²) in [5.74, 6) is -0.762. The molecule has 1 amide bonds. The van der Waals surface area contributed by atoms with Crippen molar-refractivity contribution in [1.82, 2.24) is 0 Å². The number of benzene rings is 2. The average Bonchev–Trinajstić information content (AvgIpc) is 2.62. The van der Waals surface area contributed by atoms with Crippen molar-refractivity contribution < 1.29 is 23.1 Å². The first-order valence-corrected chi connectivity index (χ1v) is 10.1. The summed E-state index contributed by atoms with van der Waals surface area (Å²) in [6.45, 7) is 2.87. The number of nitrogens with zero attached hydrogens (tertiary/aromatic N) is 3. The highest BCUT2D eigenvalue weighted by molar-refractivity contribution is 7.92. The molecule has 0 bridgehead atoms. The molecule has 29 heavy (non-hydrogen) atoms. The van der Waals surface area contributed by atoms with Gasteiger partial charge in [0.1, 0.15) is 6.04 Å². The van der Waals surface area contributed by atoms with Gasteiger partial charge in [0.15, 0.2) is 0 Å². The van der Waals surface area contributed by atoms with E-state index in [0.29, 0.717) is 5.56 Å². The molecule has 0 unspecified atom stereocenters. The quantitative estimate of drug-likeness (QED) is 0.531. The van der Waals surface area contributed by atoms with Crippen LogP contribution in [0.15, 0.2) is 42.5 Å². The molecular weight excluding hydrogens is 404 g/mol. The van der Waals surface area contributed by atoms with Crippen LogP contribution in [-0.2, 0) is 14.8 Å².